The lowest BCUT2D eigenvalue weighted by molar-refractivity contribution is -0.174. The van der Waals surface area contributed by atoms with Gasteiger partial charge in [-0.25, -0.2) is 0 Å². The number of amides is 1. The summed E-state index contributed by atoms with van der Waals surface area (Å²) in [5.41, 5.74) is 0. The minimum atomic E-state index is -4.76. The Morgan fingerprint density at radius 2 is 2.00 bits per heavy atom. The maximum absolute atomic E-state index is 12.0. The van der Waals surface area contributed by atoms with E-state index in [0.717, 1.165) is 12.8 Å². The largest absolute Gasteiger partial charge is 0.471 e. The quantitative estimate of drug-likeness (QED) is 0.765. The lowest BCUT2D eigenvalue weighted by atomic mass is 9.93. The summed E-state index contributed by atoms with van der Waals surface area (Å²) in [4.78, 5) is 10.7. The summed E-state index contributed by atoms with van der Waals surface area (Å²) in [6.07, 6.45) is -2.24. The normalized spacial score (nSPS) is 31.7. The number of nitrogens with one attached hydrogen (secondary N) is 1. The van der Waals surface area contributed by atoms with Crippen LogP contribution in [-0.4, -0.2) is 18.1 Å². The summed E-state index contributed by atoms with van der Waals surface area (Å²) in [6, 6.07) is -0.316. The Labute approximate surface area is 87.2 Å². The maximum Gasteiger partial charge on any atom is 0.471 e. The van der Waals surface area contributed by atoms with Crippen LogP contribution in [0.5, 0.6) is 0 Å². The van der Waals surface area contributed by atoms with Gasteiger partial charge in [-0.3, -0.25) is 4.79 Å². The lowest BCUT2D eigenvalue weighted by Gasteiger charge is -2.21. The van der Waals surface area contributed by atoms with Crippen LogP contribution in [-0.2, 0) is 4.79 Å². The van der Waals surface area contributed by atoms with Gasteiger partial charge < -0.3 is 5.32 Å². The van der Waals surface area contributed by atoms with Crippen molar-refractivity contribution in [2.24, 2.45) is 11.8 Å². The van der Waals surface area contributed by atoms with Gasteiger partial charge in [0, 0.05) is 6.04 Å². The monoisotopic (exact) mass is 223 g/mol. The third kappa shape index (κ3) is 2.86. The number of carbonyl (C=O) groups excluding carboxylic acids is 1. The Balaban J connectivity index is 2.51. The molecule has 0 bridgehead atoms. The van der Waals surface area contributed by atoms with Gasteiger partial charge in [0.05, 0.1) is 0 Å². The van der Waals surface area contributed by atoms with E-state index in [1.54, 1.807) is 0 Å². The lowest BCUT2D eigenvalue weighted by Crippen LogP contribution is -2.44. The number of halogens is 3. The molecule has 0 aliphatic heterocycles. The van der Waals surface area contributed by atoms with Gasteiger partial charge in [0.1, 0.15) is 0 Å². The van der Waals surface area contributed by atoms with Gasteiger partial charge in [-0.1, -0.05) is 20.3 Å². The molecule has 0 aromatic heterocycles. The maximum atomic E-state index is 12.0. The zero-order valence-electron chi connectivity index (χ0n) is 8.90. The van der Waals surface area contributed by atoms with Crippen molar-refractivity contribution in [2.75, 3.05) is 0 Å². The summed E-state index contributed by atoms with van der Waals surface area (Å²) in [6.45, 7) is 3.93. The molecule has 0 radical (unpaired) electrons. The van der Waals surface area contributed by atoms with Crippen LogP contribution < -0.4 is 5.32 Å². The highest BCUT2D eigenvalue weighted by Gasteiger charge is 2.42. The molecule has 3 unspecified atom stereocenters. The molecule has 5 heteroatoms. The zero-order valence-corrected chi connectivity index (χ0v) is 8.90. The predicted octanol–water partition coefficient (Wildman–Crippen LogP) is 2.49. The third-order valence-corrected chi connectivity index (χ3v) is 3.33. The highest BCUT2D eigenvalue weighted by atomic mass is 19.4. The van der Waals surface area contributed by atoms with Crippen LogP contribution in [0.3, 0.4) is 0 Å². The molecule has 1 fully saturated rings. The second kappa shape index (κ2) is 4.41. The molecule has 0 heterocycles. The number of carbonyl (C=O) groups is 1. The van der Waals surface area contributed by atoms with Crippen molar-refractivity contribution in [3.05, 3.63) is 0 Å². The van der Waals surface area contributed by atoms with Crippen LogP contribution in [0.1, 0.15) is 33.1 Å². The minimum Gasteiger partial charge on any atom is -0.345 e. The van der Waals surface area contributed by atoms with E-state index in [1.165, 1.54) is 0 Å². The third-order valence-electron chi connectivity index (χ3n) is 3.33. The van der Waals surface area contributed by atoms with Crippen molar-refractivity contribution in [3.63, 3.8) is 0 Å². The molecular formula is C10H16F3NO. The van der Waals surface area contributed by atoms with Crippen molar-refractivity contribution in [1.82, 2.24) is 5.32 Å². The standard InChI is InChI=1S/C10H16F3NO/c1-3-7-4-5-8(6(7)2)14-9(15)10(11,12)13/h6-8H,3-5H2,1-2H3,(H,14,15). The molecule has 3 atom stereocenters. The van der Waals surface area contributed by atoms with Gasteiger partial charge in [0.2, 0.25) is 0 Å². The Kier molecular flexibility index (Phi) is 3.62. The van der Waals surface area contributed by atoms with Crippen LogP contribution in [0.25, 0.3) is 0 Å². The number of alkyl halides is 3. The van der Waals surface area contributed by atoms with Gasteiger partial charge in [-0.05, 0) is 24.7 Å². The zero-order chi connectivity index (χ0) is 11.6. The predicted molar refractivity (Wildman–Crippen MR) is 50.2 cm³/mol. The van der Waals surface area contributed by atoms with Crippen molar-refractivity contribution >= 4 is 5.91 Å². The Bertz CT molecular complexity index is 239. The van der Waals surface area contributed by atoms with Crippen LogP contribution >= 0.6 is 0 Å². The Morgan fingerprint density at radius 3 is 2.40 bits per heavy atom. The van der Waals surface area contributed by atoms with Crippen LogP contribution in [0.2, 0.25) is 0 Å². The molecule has 88 valence electrons. The first-order valence-corrected chi connectivity index (χ1v) is 5.24. The van der Waals surface area contributed by atoms with Crippen molar-refractivity contribution in [3.8, 4) is 0 Å². The molecule has 0 spiro atoms. The summed E-state index contributed by atoms with van der Waals surface area (Å²) in [5, 5.41) is 2.07. The molecule has 1 amide bonds. The average molecular weight is 223 g/mol. The van der Waals surface area contributed by atoms with Crippen molar-refractivity contribution in [1.29, 1.82) is 0 Å². The molecule has 2 nitrogen and oxygen atoms in total. The van der Waals surface area contributed by atoms with Gasteiger partial charge in [-0.15, -0.1) is 0 Å². The SMILES string of the molecule is CCC1CCC(NC(=O)C(F)(F)F)C1C. The van der Waals surface area contributed by atoms with Crippen molar-refractivity contribution in [2.45, 2.75) is 45.3 Å². The van der Waals surface area contributed by atoms with Crippen LogP contribution in [0, 0.1) is 11.8 Å². The van der Waals surface area contributed by atoms with Gasteiger partial charge in [0.25, 0.3) is 0 Å². The summed E-state index contributed by atoms with van der Waals surface area (Å²) < 4.78 is 36.0. The molecule has 0 aromatic rings. The molecular weight excluding hydrogens is 207 g/mol. The van der Waals surface area contributed by atoms with Crippen LogP contribution in [0.15, 0.2) is 0 Å². The first kappa shape index (κ1) is 12.3. The fourth-order valence-corrected chi connectivity index (χ4v) is 2.28. The van der Waals surface area contributed by atoms with Crippen LogP contribution in [0.4, 0.5) is 13.2 Å². The van der Waals surface area contributed by atoms with Gasteiger partial charge in [-0.2, -0.15) is 13.2 Å². The van der Waals surface area contributed by atoms with E-state index in [1.807, 2.05) is 13.8 Å². The topological polar surface area (TPSA) is 29.1 Å². The molecule has 1 aliphatic rings. The fraction of sp³-hybridized carbons (Fsp3) is 0.900. The second-order valence-corrected chi connectivity index (χ2v) is 4.18. The first-order valence-electron chi connectivity index (χ1n) is 5.24. The first-order chi connectivity index (χ1) is 6.86. The van der Waals surface area contributed by atoms with E-state index in [2.05, 4.69) is 5.32 Å². The molecule has 15 heavy (non-hydrogen) atoms. The Hall–Kier alpha value is -0.740. The van der Waals surface area contributed by atoms with Crippen molar-refractivity contribution < 1.29 is 18.0 Å². The second-order valence-electron chi connectivity index (χ2n) is 4.18. The van der Waals surface area contributed by atoms with Gasteiger partial charge in [0.15, 0.2) is 0 Å². The smallest absolute Gasteiger partial charge is 0.345 e. The average Bonchev–Trinajstić information content (AvgIpc) is 2.46. The van der Waals surface area contributed by atoms with Gasteiger partial charge >= 0.3 is 12.1 Å². The Morgan fingerprint density at radius 1 is 1.40 bits per heavy atom. The molecule has 1 rings (SSSR count). The van der Waals surface area contributed by atoms with E-state index in [4.69, 9.17) is 0 Å². The minimum absolute atomic E-state index is 0.140. The number of hydrogen-bond acceptors (Lipinski definition) is 1. The molecule has 0 saturated heterocycles. The molecule has 0 aromatic carbocycles. The number of rotatable bonds is 2. The van der Waals surface area contributed by atoms with E-state index in [9.17, 15) is 18.0 Å². The summed E-state index contributed by atoms with van der Waals surface area (Å²) in [7, 11) is 0. The summed E-state index contributed by atoms with van der Waals surface area (Å²) >= 11 is 0. The molecule has 1 N–H and O–H groups in total. The van der Waals surface area contributed by atoms with E-state index in [-0.39, 0.29) is 12.0 Å². The number of hydrogen-bond donors (Lipinski definition) is 1. The highest BCUT2D eigenvalue weighted by Crippen LogP contribution is 2.34. The highest BCUT2D eigenvalue weighted by molar-refractivity contribution is 5.82. The van der Waals surface area contributed by atoms with E-state index in [0.29, 0.717) is 12.3 Å². The summed E-state index contributed by atoms with van der Waals surface area (Å²) in [5.74, 6) is -1.24. The fourth-order valence-electron chi connectivity index (χ4n) is 2.28. The molecule has 1 saturated carbocycles. The van der Waals surface area contributed by atoms with E-state index < -0.39 is 12.1 Å². The van der Waals surface area contributed by atoms with E-state index >= 15 is 0 Å². The molecule has 1 aliphatic carbocycles.